The van der Waals surface area contributed by atoms with Gasteiger partial charge in [0.05, 0.1) is 6.42 Å². The number of amides is 2. The summed E-state index contributed by atoms with van der Waals surface area (Å²) >= 11 is 0. The van der Waals surface area contributed by atoms with Gasteiger partial charge in [-0.15, -0.1) is 0 Å². The van der Waals surface area contributed by atoms with Crippen LogP contribution in [0.3, 0.4) is 0 Å². The van der Waals surface area contributed by atoms with Gasteiger partial charge in [0.2, 0.25) is 0 Å². The third kappa shape index (κ3) is 5.46. The van der Waals surface area contributed by atoms with Crippen molar-refractivity contribution >= 4 is 12.0 Å². The highest BCUT2D eigenvalue weighted by molar-refractivity contribution is 5.75. The molecule has 0 aromatic heterocycles. The fourth-order valence-corrected chi connectivity index (χ4v) is 2.25. The van der Waals surface area contributed by atoms with Crippen molar-refractivity contribution in [2.75, 3.05) is 46.3 Å². The Morgan fingerprint density at radius 2 is 1.84 bits per heavy atom. The number of hydrogen-bond acceptors (Lipinski definition) is 3. The Labute approximate surface area is 115 Å². The molecule has 0 saturated carbocycles. The van der Waals surface area contributed by atoms with E-state index in [1.165, 1.54) is 12.8 Å². The summed E-state index contributed by atoms with van der Waals surface area (Å²) < 4.78 is 0. The summed E-state index contributed by atoms with van der Waals surface area (Å²) in [5.41, 5.74) is 0. The van der Waals surface area contributed by atoms with Gasteiger partial charge < -0.3 is 19.8 Å². The normalized spacial score (nSPS) is 15.5. The first-order valence-corrected chi connectivity index (χ1v) is 6.98. The number of rotatable bonds is 7. The lowest BCUT2D eigenvalue weighted by Crippen LogP contribution is -2.44. The highest BCUT2D eigenvalue weighted by atomic mass is 16.4. The van der Waals surface area contributed by atoms with Crippen molar-refractivity contribution in [3.05, 3.63) is 0 Å². The average molecular weight is 271 g/mol. The summed E-state index contributed by atoms with van der Waals surface area (Å²) in [7, 11) is 1.78. The summed E-state index contributed by atoms with van der Waals surface area (Å²) in [6, 6.07) is -0.0806. The van der Waals surface area contributed by atoms with Gasteiger partial charge in [-0.2, -0.15) is 0 Å². The molecule has 1 N–H and O–H groups in total. The predicted octanol–water partition coefficient (Wildman–Crippen LogP) is 0.931. The molecule has 1 rings (SSSR count). The molecule has 0 aliphatic carbocycles. The van der Waals surface area contributed by atoms with E-state index in [1.807, 2.05) is 6.92 Å². The van der Waals surface area contributed by atoms with Crippen LogP contribution in [0.1, 0.15) is 26.2 Å². The Hall–Kier alpha value is -1.30. The zero-order chi connectivity index (χ0) is 14.3. The van der Waals surface area contributed by atoms with Gasteiger partial charge in [0.15, 0.2) is 0 Å². The third-order valence-corrected chi connectivity index (χ3v) is 3.52. The molecule has 0 radical (unpaired) electrons. The molecular formula is C13H25N3O3. The van der Waals surface area contributed by atoms with Crippen molar-refractivity contribution in [1.29, 1.82) is 0 Å². The smallest absolute Gasteiger partial charge is 0.319 e. The molecule has 1 aliphatic heterocycles. The van der Waals surface area contributed by atoms with Crippen molar-refractivity contribution in [2.45, 2.75) is 26.2 Å². The van der Waals surface area contributed by atoms with E-state index in [-0.39, 0.29) is 19.0 Å². The van der Waals surface area contributed by atoms with E-state index >= 15 is 0 Å². The van der Waals surface area contributed by atoms with Crippen LogP contribution < -0.4 is 0 Å². The van der Waals surface area contributed by atoms with Crippen molar-refractivity contribution in [3.8, 4) is 0 Å². The van der Waals surface area contributed by atoms with E-state index in [9.17, 15) is 9.59 Å². The molecule has 1 saturated heterocycles. The molecule has 0 aromatic rings. The number of carbonyl (C=O) groups is 2. The minimum Gasteiger partial charge on any atom is -0.481 e. The van der Waals surface area contributed by atoms with Crippen LogP contribution in [-0.2, 0) is 4.79 Å². The summed E-state index contributed by atoms with van der Waals surface area (Å²) in [5.74, 6) is -0.869. The van der Waals surface area contributed by atoms with Gasteiger partial charge in [-0.3, -0.25) is 4.79 Å². The SMILES string of the molecule is CCN(CCC(=O)O)C(=O)N(C)CCN1CCCC1. The van der Waals surface area contributed by atoms with Gasteiger partial charge in [-0.05, 0) is 32.9 Å². The number of nitrogens with zero attached hydrogens (tertiary/aromatic N) is 3. The van der Waals surface area contributed by atoms with Crippen molar-refractivity contribution < 1.29 is 14.7 Å². The first-order chi connectivity index (χ1) is 9.04. The van der Waals surface area contributed by atoms with Crippen LogP contribution in [0.25, 0.3) is 0 Å². The van der Waals surface area contributed by atoms with Crippen LogP contribution in [0.15, 0.2) is 0 Å². The van der Waals surface area contributed by atoms with E-state index < -0.39 is 5.97 Å². The molecular weight excluding hydrogens is 246 g/mol. The molecule has 1 fully saturated rings. The highest BCUT2D eigenvalue weighted by Crippen LogP contribution is 2.07. The number of hydrogen-bond donors (Lipinski definition) is 1. The lowest BCUT2D eigenvalue weighted by Gasteiger charge is -2.28. The second kappa shape index (κ2) is 7.99. The molecule has 0 bridgehead atoms. The average Bonchev–Trinajstić information content (AvgIpc) is 2.89. The van der Waals surface area contributed by atoms with Gasteiger partial charge in [-0.25, -0.2) is 4.79 Å². The van der Waals surface area contributed by atoms with Crippen molar-refractivity contribution in [2.24, 2.45) is 0 Å². The Morgan fingerprint density at radius 1 is 1.21 bits per heavy atom. The van der Waals surface area contributed by atoms with Gasteiger partial charge in [0.1, 0.15) is 0 Å². The maximum atomic E-state index is 12.1. The Morgan fingerprint density at radius 3 is 2.37 bits per heavy atom. The molecule has 19 heavy (non-hydrogen) atoms. The standard InChI is InChI=1S/C13H25N3O3/c1-3-16(9-6-12(17)18)13(19)14(2)10-11-15-7-4-5-8-15/h3-11H2,1-2H3,(H,17,18). The van der Waals surface area contributed by atoms with E-state index in [2.05, 4.69) is 4.90 Å². The number of carbonyl (C=O) groups excluding carboxylic acids is 1. The van der Waals surface area contributed by atoms with E-state index in [1.54, 1.807) is 16.8 Å². The summed E-state index contributed by atoms with van der Waals surface area (Å²) in [6.07, 6.45) is 2.49. The summed E-state index contributed by atoms with van der Waals surface area (Å²) in [4.78, 5) is 28.3. The quantitative estimate of drug-likeness (QED) is 0.748. The number of likely N-dealkylation sites (tertiary alicyclic amines) is 1. The van der Waals surface area contributed by atoms with Crippen LogP contribution in [-0.4, -0.2) is 78.1 Å². The molecule has 1 heterocycles. The zero-order valence-corrected chi connectivity index (χ0v) is 12.0. The second-order valence-corrected chi connectivity index (χ2v) is 4.98. The maximum Gasteiger partial charge on any atom is 0.319 e. The fraction of sp³-hybridized carbons (Fsp3) is 0.846. The van der Waals surface area contributed by atoms with Crippen LogP contribution in [0, 0.1) is 0 Å². The van der Waals surface area contributed by atoms with E-state index in [0.29, 0.717) is 13.1 Å². The largest absolute Gasteiger partial charge is 0.481 e. The van der Waals surface area contributed by atoms with E-state index in [0.717, 1.165) is 19.6 Å². The Kier molecular flexibility index (Phi) is 6.62. The van der Waals surface area contributed by atoms with E-state index in [4.69, 9.17) is 5.11 Å². The molecule has 2 amide bonds. The first-order valence-electron chi connectivity index (χ1n) is 6.98. The first kappa shape index (κ1) is 15.8. The van der Waals surface area contributed by atoms with Crippen LogP contribution in [0.5, 0.6) is 0 Å². The molecule has 110 valence electrons. The molecule has 0 unspecified atom stereocenters. The Balaban J connectivity index is 2.33. The van der Waals surface area contributed by atoms with Crippen LogP contribution >= 0.6 is 0 Å². The zero-order valence-electron chi connectivity index (χ0n) is 12.0. The van der Waals surface area contributed by atoms with Crippen LogP contribution in [0.4, 0.5) is 4.79 Å². The van der Waals surface area contributed by atoms with Gasteiger partial charge >= 0.3 is 12.0 Å². The molecule has 1 aliphatic rings. The molecule has 0 aromatic carbocycles. The van der Waals surface area contributed by atoms with Gasteiger partial charge in [0.25, 0.3) is 0 Å². The Bertz CT molecular complexity index is 304. The minimum atomic E-state index is -0.869. The fourth-order valence-electron chi connectivity index (χ4n) is 2.25. The van der Waals surface area contributed by atoms with Crippen molar-refractivity contribution in [1.82, 2.24) is 14.7 Å². The molecule has 6 nitrogen and oxygen atoms in total. The van der Waals surface area contributed by atoms with Gasteiger partial charge in [0, 0.05) is 33.2 Å². The number of likely N-dealkylation sites (N-methyl/N-ethyl adjacent to an activating group) is 1. The summed E-state index contributed by atoms with van der Waals surface area (Å²) in [6.45, 7) is 6.53. The van der Waals surface area contributed by atoms with Crippen LogP contribution in [0.2, 0.25) is 0 Å². The molecule has 6 heteroatoms. The summed E-state index contributed by atoms with van der Waals surface area (Å²) in [5, 5.41) is 8.67. The molecule has 0 spiro atoms. The lowest BCUT2D eigenvalue weighted by molar-refractivity contribution is -0.137. The highest BCUT2D eigenvalue weighted by Gasteiger charge is 2.18. The van der Waals surface area contributed by atoms with Crippen molar-refractivity contribution in [3.63, 3.8) is 0 Å². The predicted molar refractivity (Wildman–Crippen MR) is 73.2 cm³/mol. The minimum absolute atomic E-state index is 0.000451. The van der Waals surface area contributed by atoms with Gasteiger partial charge in [-0.1, -0.05) is 0 Å². The topological polar surface area (TPSA) is 64.1 Å². The third-order valence-electron chi connectivity index (χ3n) is 3.52. The second-order valence-electron chi connectivity index (χ2n) is 4.98. The molecule has 0 atom stereocenters. The monoisotopic (exact) mass is 271 g/mol. The number of carboxylic acid groups (broad SMARTS) is 1. The number of carboxylic acids is 1. The lowest BCUT2D eigenvalue weighted by atomic mass is 10.4. The maximum absolute atomic E-state index is 12.1. The number of urea groups is 1. The number of aliphatic carboxylic acids is 1.